The number of rotatable bonds is 5. The van der Waals surface area contributed by atoms with Gasteiger partial charge in [-0.05, 0) is 44.0 Å². The number of anilines is 1. The number of phenolic OH excluding ortho intramolecular Hbond substituents is 1. The van der Waals surface area contributed by atoms with Gasteiger partial charge < -0.3 is 14.6 Å². The topological polar surface area (TPSA) is 93.1 Å². The summed E-state index contributed by atoms with van der Waals surface area (Å²) in [6.45, 7) is 3.45. The van der Waals surface area contributed by atoms with Gasteiger partial charge in [0.1, 0.15) is 5.75 Å². The van der Waals surface area contributed by atoms with E-state index in [1.807, 2.05) is 0 Å². The molecule has 0 bridgehead atoms. The first-order chi connectivity index (χ1) is 13.7. The molecule has 0 aliphatic carbocycles. The van der Waals surface area contributed by atoms with Crippen LogP contribution in [-0.2, 0) is 26.0 Å². The number of hydrogen-bond donors (Lipinski definition) is 1. The minimum Gasteiger partial charge on any atom is -0.508 e. The van der Waals surface area contributed by atoms with Gasteiger partial charge in [0.25, 0.3) is 10.0 Å². The summed E-state index contributed by atoms with van der Waals surface area (Å²) < 4.78 is 51.9. The molecule has 2 aromatic rings. The molecule has 29 heavy (non-hydrogen) atoms. The molecule has 2 atom stereocenters. The molecule has 0 saturated heterocycles. The normalized spacial score (nSPS) is 18.8. The second-order valence-electron chi connectivity index (χ2n) is 6.71. The van der Waals surface area contributed by atoms with E-state index in [1.165, 1.54) is 19.2 Å². The monoisotopic (exact) mass is 423 g/mol. The second-order valence-corrected chi connectivity index (χ2v) is 8.53. The van der Waals surface area contributed by atoms with E-state index in [1.54, 1.807) is 19.9 Å². The zero-order valence-corrected chi connectivity index (χ0v) is 17.1. The number of fused-ring (bicyclic) bond motifs is 1. The Balaban J connectivity index is 2.16. The fraction of sp³-hybridized carbons (Fsp3) is 0.350. The number of aromatic hydroxyl groups is 1. The van der Waals surface area contributed by atoms with Crippen LogP contribution >= 0.6 is 0 Å². The highest BCUT2D eigenvalue weighted by Gasteiger charge is 2.43. The average molecular weight is 423 g/mol. The lowest BCUT2D eigenvalue weighted by Crippen LogP contribution is -2.49. The molecule has 1 heterocycles. The molecule has 1 aliphatic rings. The molecule has 3 rings (SSSR count). The third-order valence-corrected chi connectivity index (χ3v) is 6.86. The molecular formula is C20H22FNO6S. The van der Waals surface area contributed by atoms with Gasteiger partial charge in [0.15, 0.2) is 11.6 Å². The Morgan fingerprint density at radius 3 is 2.66 bits per heavy atom. The summed E-state index contributed by atoms with van der Waals surface area (Å²) in [7, 11) is -2.97. The Morgan fingerprint density at radius 1 is 1.28 bits per heavy atom. The predicted molar refractivity (Wildman–Crippen MR) is 104 cm³/mol. The highest BCUT2D eigenvalue weighted by molar-refractivity contribution is 7.92. The van der Waals surface area contributed by atoms with Gasteiger partial charge in [-0.3, -0.25) is 9.10 Å². The van der Waals surface area contributed by atoms with Crippen LogP contribution in [0.4, 0.5) is 10.1 Å². The first-order valence-electron chi connectivity index (χ1n) is 9.07. The van der Waals surface area contributed by atoms with E-state index in [0.717, 1.165) is 22.5 Å². The van der Waals surface area contributed by atoms with Gasteiger partial charge in [-0.15, -0.1) is 0 Å². The van der Waals surface area contributed by atoms with Crippen LogP contribution < -0.4 is 9.04 Å². The van der Waals surface area contributed by atoms with Crippen molar-refractivity contribution in [2.75, 3.05) is 18.0 Å². The molecule has 0 amide bonds. The number of hydrogen-bond acceptors (Lipinski definition) is 6. The molecule has 0 unspecified atom stereocenters. The molecule has 2 aromatic carbocycles. The van der Waals surface area contributed by atoms with E-state index in [-0.39, 0.29) is 35.1 Å². The lowest BCUT2D eigenvalue weighted by atomic mass is 9.88. The van der Waals surface area contributed by atoms with Crippen LogP contribution in [-0.4, -0.2) is 39.3 Å². The first kappa shape index (κ1) is 20.9. The van der Waals surface area contributed by atoms with Crippen molar-refractivity contribution in [2.45, 2.75) is 31.2 Å². The molecule has 1 aliphatic heterocycles. The molecule has 0 aromatic heterocycles. The van der Waals surface area contributed by atoms with Crippen LogP contribution in [0.25, 0.3) is 0 Å². The van der Waals surface area contributed by atoms with Crippen LogP contribution in [0, 0.1) is 11.7 Å². The number of benzene rings is 2. The van der Waals surface area contributed by atoms with Crippen molar-refractivity contribution < 1.29 is 32.2 Å². The van der Waals surface area contributed by atoms with Gasteiger partial charge in [-0.25, -0.2) is 12.8 Å². The highest BCUT2D eigenvalue weighted by Crippen LogP contribution is 2.40. The van der Waals surface area contributed by atoms with Crippen LogP contribution in [0.5, 0.6) is 11.5 Å². The summed E-state index contributed by atoms with van der Waals surface area (Å²) in [4.78, 5) is 12.3. The number of nitrogens with zero attached hydrogens (tertiary/aromatic N) is 1. The Bertz CT molecular complexity index is 1040. The summed E-state index contributed by atoms with van der Waals surface area (Å²) in [5.41, 5.74) is 0.845. The van der Waals surface area contributed by atoms with Crippen molar-refractivity contribution in [2.24, 2.45) is 5.92 Å². The lowest BCUT2D eigenvalue weighted by molar-refractivity contribution is -0.148. The maximum Gasteiger partial charge on any atom is 0.311 e. The molecule has 9 heteroatoms. The van der Waals surface area contributed by atoms with Crippen LogP contribution in [0.2, 0.25) is 0 Å². The fourth-order valence-corrected chi connectivity index (χ4v) is 5.25. The van der Waals surface area contributed by atoms with Crippen molar-refractivity contribution in [3.63, 3.8) is 0 Å². The minimum absolute atomic E-state index is 0.109. The van der Waals surface area contributed by atoms with Gasteiger partial charge >= 0.3 is 5.97 Å². The smallest absolute Gasteiger partial charge is 0.311 e. The minimum atomic E-state index is -4.20. The first-order valence-corrected chi connectivity index (χ1v) is 10.5. The Hall–Kier alpha value is -2.81. The summed E-state index contributed by atoms with van der Waals surface area (Å²) in [5, 5.41) is 9.92. The number of phenols is 1. The predicted octanol–water partition coefficient (Wildman–Crippen LogP) is 2.86. The second kappa shape index (κ2) is 7.90. The van der Waals surface area contributed by atoms with Crippen molar-refractivity contribution in [3.8, 4) is 11.5 Å². The zero-order valence-electron chi connectivity index (χ0n) is 16.3. The van der Waals surface area contributed by atoms with E-state index >= 15 is 0 Å². The molecule has 0 fully saturated rings. The average Bonchev–Trinajstić information content (AvgIpc) is 2.67. The Morgan fingerprint density at radius 2 is 2.00 bits per heavy atom. The van der Waals surface area contributed by atoms with Gasteiger partial charge in [0.05, 0.1) is 36.3 Å². The highest BCUT2D eigenvalue weighted by atomic mass is 32.2. The fourth-order valence-electron chi connectivity index (χ4n) is 3.51. The van der Waals surface area contributed by atoms with Crippen molar-refractivity contribution in [3.05, 3.63) is 47.8 Å². The van der Waals surface area contributed by atoms with E-state index in [0.29, 0.717) is 5.56 Å². The number of methoxy groups -OCH3 is 1. The number of sulfonamides is 1. The number of ether oxygens (including phenoxy) is 2. The zero-order chi connectivity index (χ0) is 21.3. The van der Waals surface area contributed by atoms with Crippen molar-refractivity contribution >= 4 is 21.7 Å². The van der Waals surface area contributed by atoms with E-state index in [2.05, 4.69) is 0 Å². The van der Waals surface area contributed by atoms with Gasteiger partial charge in [-0.1, -0.05) is 6.07 Å². The molecule has 7 nitrogen and oxygen atoms in total. The summed E-state index contributed by atoms with van der Waals surface area (Å²) in [6.07, 6.45) is 0.272. The third kappa shape index (κ3) is 3.74. The van der Waals surface area contributed by atoms with Crippen LogP contribution in [0.3, 0.4) is 0 Å². The van der Waals surface area contributed by atoms with E-state index in [9.17, 15) is 22.7 Å². The summed E-state index contributed by atoms with van der Waals surface area (Å²) in [6, 6.07) is 6.80. The van der Waals surface area contributed by atoms with Crippen LogP contribution in [0.1, 0.15) is 19.4 Å². The Labute approximate surface area is 168 Å². The summed E-state index contributed by atoms with van der Waals surface area (Å²) in [5.74, 6) is -2.25. The number of carbonyl (C=O) groups excluding carboxylic acids is 1. The molecular weight excluding hydrogens is 401 g/mol. The van der Waals surface area contributed by atoms with Gasteiger partial charge in [0.2, 0.25) is 0 Å². The molecule has 0 radical (unpaired) electrons. The molecule has 156 valence electrons. The third-order valence-electron chi connectivity index (χ3n) is 4.97. The molecule has 0 spiro atoms. The summed E-state index contributed by atoms with van der Waals surface area (Å²) >= 11 is 0. The van der Waals surface area contributed by atoms with E-state index < -0.39 is 33.8 Å². The standard InChI is InChI=1S/C20H22FNO6S/c1-4-28-20(24)16-9-13-5-6-14(23)10-18(13)22(12(16)2)29(25,26)15-7-8-17(21)19(11-15)27-3/h5-8,10-12,16,23H,4,9H2,1-3H3/t12-,16-/m1/s1. The molecule has 0 saturated carbocycles. The van der Waals surface area contributed by atoms with Crippen molar-refractivity contribution in [1.29, 1.82) is 0 Å². The maximum absolute atomic E-state index is 13.8. The number of esters is 1. The number of halogens is 1. The lowest BCUT2D eigenvalue weighted by Gasteiger charge is -2.40. The van der Waals surface area contributed by atoms with Gasteiger partial charge in [0, 0.05) is 12.1 Å². The van der Waals surface area contributed by atoms with Crippen LogP contribution in [0.15, 0.2) is 41.3 Å². The quantitative estimate of drug-likeness (QED) is 0.744. The Kier molecular flexibility index (Phi) is 5.70. The van der Waals surface area contributed by atoms with E-state index in [4.69, 9.17) is 9.47 Å². The van der Waals surface area contributed by atoms with Gasteiger partial charge in [-0.2, -0.15) is 0 Å². The maximum atomic E-state index is 13.8. The SMILES string of the molecule is CCOC(=O)[C@@H]1Cc2ccc(O)cc2N(S(=O)(=O)c2ccc(F)c(OC)c2)[C@@H]1C. The largest absolute Gasteiger partial charge is 0.508 e. The number of carbonyl (C=O) groups is 1. The molecule has 1 N–H and O–H groups in total. The van der Waals surface area contributed by atoms with Crippen molar-refractivity contribution in [1.82, 2.24) is 0 Å².